The van der Waals surface area contributed by atoms with Crippen molar-refractivity contribution in [2.24, 2.45) is 5.10 Å². The maximum atomic E-state index is 13.1. The SMILES string of the molecule is C/C(=N\NC(=O)c1c(-c2ccccc2)nnn1-c1nonc1N)c1ccc(O)cc1O. The number of hydrazone groups is 1. The summed E-state index contributed by atoms with van der Waals surface area (Å²) in [6.07, 6.45) is 0. The summed E-state index contributed by atoms with van der Waals surface area (Å²) in [6, 6.07) is 13.0. The fourth-order valence-corrected chi connectivity index (χ4v) is 2.84. The van der Waals surface area contributed by atoms with Crippen molar-refractivity contribution in [1.82, 2.24) is 30.7 Å². The molecule has 4 aromatic rings. The molecule has 0 aliphatic rings. The summed E-state index contributed by atoms with van der Waals surface area (Å²) in [5, 5.41) is 38.7. The van der Waals surface area contributed by atoms with Crippen molar-refractivity contribution in [3.8, 4) is 28.6 Å². The minimum Gasteiger partial charge on any atom is -0.508 e. The number of anilines is 1. The van der Waals surface area contributed by atoms with E-state index in [9.17, 15) is 15.0 Å². The lowest BCUT2D eigenvalue weighted by molar-refractivity contribution is 0.0947. The Hall–Kier alpha value is -4.74. The van der Waals surface area contributed by atoms with Crippen molar-refractivity contribution < 1.29 is 19.6 Å². The van der Waals surface area contributed by atoms with E-state index in [1.807, 2.05) is 6.07 Å². The molecule has 2 aromatic heterocycles. The lowest BCUT2D eigenvalue weighted by Crippen LogP contribution is -2.23. The quantitative estimate of drug-likeness (QED) is 0.275. The molecule has 0 aliphatic carbocycles. The number of nitrogens with one attached hydrogen (secondary N) is 1. The van der Waals surface area contributed by atoms with Gasteiger partial charge in [-0.1, -0.05) is 35.5 Å². The van der Waals surface area contributed by atoms with Gasteiger partial charge in [-0.05, 0) is 29.4 Å². The standard InChI is InChI=1S/C19H16N8O4/c1-10(13-8-7-12(28)9-14(13)29)21-23-19(30)16-15(11-5-3-2-4-6-11)22-26-27(16)18-17(20)24-31-25-18/h2-9,28-29H,1H3,(H2,20,24)(H,23,30)/b21-10+. The Balaban J connectivity index is 1.73. The first-order chi connectivity index (χ1) is 15.0. The van der Waals surface area contributed by atoms with E-state index in [2.05, 4.69) is 35.8 Å². The first-order valence-electron chi connectivity index (χ1n) is 8.92. The first-order valence-corrected chi connectivity index (χ1v) is 8.92. The van der Waals surface area contributed by atoms with Crippen LogP contribution in [0.3, 0.4) is 0 Å². The van der Waals surface area contributed by atoms with Crippen LogP contribution in [-0.4, -0.2) is 47.1 Å². The summed E-state index contributed by atoms with van der Waals surface area (Å²) < 4.78 is 5.71. The minimum absolute atomic E-state index is 0.0000723. The molecule has 156 valence electrons. The Labute approximate surface area is 174 Å². The number of nitrogens with zero attached hydrogens (tertiary/aromatic N) is 6. The van der Waals surface area contributed by atoms with E-state index in [0.717, 1.165) is 4.68 Å². The van der Waals surface area contributed by atoms with Gasteiger partial charge < -0.3 is 15.9 Å². The highest BCUT2D eigenvalue weighted by Crippen LogP contribution is 2.25. The van der Waals surface area contributed by atoms with Crippen LogP contribution in [0.2, 0.25) is 0 Å². The molecule has 0 aliphatic heterocycles. The molecule has 12 heteroatoms. The average molecular weight is 420 g/mol. The predicted octanol–water partition coefficient (Wildman–Crippen LogP) is 1.46. The third-order valence-electron chi connectivity index (χ3n) is 4.33. The highest BCUT2D eigenvalue weighted by Gasteiger charge is 2.26. The van der Waals surface area contributed by atoms with Gasteiger partial charge in [0.25, 0.3) is 5.91 Å². The molecule has 0 fully saturated rings. The molecule has 0 saturated carbocycles. The number of nitrogens with two attached hydrogens (primary N) is 1. The number of benzene rings is 2. The second-order valence-corrected chi connectivity index (χ2v) is 6.38. The normalized spacial score (nSPS) is 11.5. The Bertz CT molecular complexity index is 1280. The number of rotatable bonds is 5. The summed E-state index contributed by atoms with van der Waals surface area (Å²) in [4.78, 5) is 13.1. The van der Waals surface area contributed by atoms with E-state index in [1.165, 1.54) is 18.2 Å². The van der Waals surface area contributed by atoms with Crippen LogP contribution in [0.5, 0.6) is 11.5 Å². The second kappa shape index (κ2) is 7.94. The highest BCUT2D eigenvalue weighted by molar-refractivity contribution is 6.03. The van der Waals surface area contributed by atoms with Crippen molar-refractivity contribution in [2.45, 2.75) is 6.92 Å². The molecule has 2 heterocycles. The van der Waals surface area contributed by atoms with Gasteiger partial charge in [0.15, 0.2) is 5.69 Å². The van der Waals surface area contributed by atoms with Gasteiger partial charge in [0, 0.05) is 17.2 Å². The maximum Gasteiger partial charge on any atom is 0.292 e. The number of hydrogen-bond acceptors (Lipinski definition) is 10. The molecule has 5 N–H and O–H groups in total. The number of carbonyl (C=O) groups excluding carboxylic acids is 1. The Morgan fingerprint density at radius 2 is 1.94 bits per heavy atom. The highest BCUT2D eigenvalue weighted by atomic mass is 16.6. The molecular weight excluding hydrogens is 404 g/mol. The summed E-state index contributed by atoms with van der Waals surface area (Å²) in [7, 11) is 0. The van der Waals surface area contributed by atoms with Crippen molar-refractivity contribution in [3.63, 3.8) is 0 Å². The zero-order chi connectivity index (χ0) is 22.0. The maximum absolute atomic E-state index is 13.1. The monoisotopic (exact) mass is 420 g/mol. The molecule has 1 amide bonds. The second-order valence-electron chi connectivity index (χ2n) is 6.38. The van der Waals surface area contributed by atoms with Gasteiger partial charge >= 0.3 is 0 Å². The van der Waals surface area contributed by atoms with Crippen LogP contribution in [0.25, 0.3) is 17.1 Å². The van der Waals surface area contributed by atoms with Crippen molar-refractivity contribution >= 4 is 17.4 Å². The number of phenolic OH excluding ortho intramolecular Hbond substituents is 2. The van der Waals surface area contributed by atoms with E-state index >= 15 is 0 Å². The van der Waals surface area contributed by atoms with Gasteiger partial charge in [0.2, 0.25) is 11.6 Å². The lowest BCUT2D eigenvalue weighted by atomic mass is 10.1. The topological polar surface area (TPSA) is 178 Å². The fraction of sp³-hybridized carbons (Fsp3) is 0.0526. The third-order valence-corrected chi connectivity index (χ3v) is 4.33. The molecule has 0 radical (unpaired) electrons. The zero-order valence-electron chi connectivity index (χ0n) is 16.1. The van der Waals surface area contributed by atoms with Crippen molar-refractivity contribution in [1.29, 1.82) is 0 Å². The van der Waals surface area contributed by atoms with Crippen LogP contribution >= 0.6 is 0 Å². The lowest BCUT2D eigenvalue weighted by Gasteiger charge is -2.07. The van der Waals surface area contributed by atoms with Crippen LogP contribution in [0.4, 0.5) is 5.82 Å². The number of carbonyl (C=O) groups is 1. The van der Waals surface area contributed by atoms with Gasteiger partial charge in [0.1, 0.15) is 17.2 Å². The zero-order valence-corrected chi connectivity index (χ0v) is 16.1. The molecule has 31 heavy (non-hydrogen) atoms. The number of aromatic nitrogens is 5. The van der Waals surface area contributed by atoms with Crippen LogP contribution in [-0.2, 0) is 0 Å². The van der Waals surface area contributed by atoms with E-state index < -0.39 is 5.91 Å². The molecule has 0 spiro atoms. The Morgan fingerprint density at radius 1 is 1.16 bits per heavy atom. The number of phenols is 2. The summed E-state index contributed by atoms with van der Waals surface area (Å²) in [5.74, 6) is -1.03. The van der Waals surface area contributed by atoms with Gasteiger partial charge in [-0.15, -0.1) is 5.10 Å². The number of nitrogen functional groups attached to an aromatic ring is 1. The average Bonchev–Trinajstić information content (AvgIpc) is 3.38. The molecule has 0 bridgehead atoms. The summed E-state index contributed by atoms with van der Waals surface area (Å²) in [6.45, 7) is 1.58. The Kier molecular flexibility index (Phi) is 5.02. The predicted molar refractivity (Wildman–Crippen MR) is 109 cm³/mol. The van der Waals surface area contributed by atoms with Crippen LogP contribution < -0.4 is 11.2 Å². The minimum atomic E-state index is -0.663. The van der Waals surface area contributed by atoms with Crippen LogP contribution in [0, 0.1) is 0 Å². The molecule has 0 unspecified atom stereocenters. The van der Waals surface area contributed by atoms with E-state index in [-0.39, 0.29) is 34.5 Å². The van der Waals surface area contributed by atoms with Crippen LogP contribution in [0.1, 0.15) is 23.0 Å². The molecule has 0 atom stereocenters. The van der Waals surface area contributed by atoms with Gasteiger partial charge in [-0.2, -0.15) is 9.78 Å². The fourth-order valence-electron chi connectivity index (χ4n) is 2.84. The van der Waals surface area contributed by atoms with E-state index in [4.69, 9.17) is 5.73 Å². The van der Waals surface area contributed by atoms with Gasteiger partial charge in [0.05, 0.1) is 5.71 Å². The molecule has 2 aromatic carbocycles. The number of hydrogen-bond donors (Lipinski definition) is 4. The number of aromatic hydroxyl groups is 2. The number of amides is 1. The third kappa shape index (κ3) is 3.76. The molecule has 4 rings (SSSR count). The van der Waals surface area contributed by atoms with E-state index in [0.29, 0.717) is 16.8 Å². The van der Waals surface area contributed by atoms with Crippen molar-refractivity contribution in [3.05, 3.63) is 59.8 Å². The molecular formula is C19H16N8O4. The smallest absolute Gasteiger partial charge is 0.292 e. The first kappa shape index (κ1) is 19.6. The van der Waals surface area contributed by atoms with Gasteiger partial charge in [-0.3, -0.25) is 4.79 Å². The Morgan fingerprint density at radius 3 is 2.61 bits per heavy atom. The summed E-state index contributed by atoms with van der Waals surface area (Å²) in [5.41, 5.74) is 9.69. The largest absolute Gasteiger partial charge is 0.508 e. The van der Waals surface area contributed by atoms with Gasteiger partial charge in [-0.25, -0.2) is 10.1 Å². The van der Waals surface area contributed by atoms with Crippen molar-refractivity contribution in [2.75, 3.05) is 5.73 Å². The molecule has 0 saturated heterocycles. The van der Waals surface area contributed by atoms with Crippen LogP contribution in [0.15, 0.2) is 58.3 Å². The molecule has 12 nitrogen and oxygen atoms in total. The summed E-state index contributed by atoms with van der Waals surface area (Å²) >= 11 is 0. The van der Waals surface area contributed by atoms with E-state index in [1.54, 1.807) is 31.2 Å².